The molecule has 202 valence electrons. The van der Waals surface area contributed by atoms with Crippen LogP contribution in [0.4, 0.5) is 23.0 Å². The second-order valence-corrected chi connectivity index (χ2v) is 9.44. The van der Waals surface area contributed by atoms with Gasteiger partial charge in [0, 0.05) is 68.2 Å². The summed E-state index contributed by atoms with van der Waals surface area (Å²) in [6, 6.07) is 13.9. The van der Waals surface area contributed by atoms with Crippen molar-refractivity contribution in [1.82, 2.24) is 19.4 Å². The number of benzene rings is 2. The van der Waals surface area contributed by atoms with E-state index in [0.717, 1.165) is 40.9 Å². The maximum absolute atomic E-state index is 12.6. The molecule has 4 rings (SSSR count). The zero-order valence-electron chi connectivity index (χ0n) is 23.1. The van der Waals surface area contributed by atoms with Crippen LogP contribution >= 0.6 is 0 Å². The number of carbonyl (C=O) groups is 1. The van der Waals surface area contributed by atoms with Gasteiger partial charge in [0.1, 0.15) is 5.75 Å². The first kappa shape index (κ1) is 27.4. The molecule has 0 atom stereocenters. The SMILES string of the molecule is C=C/C=C\C(=O)Nc1cc(Nc2nccc(-c3cn(C)c4ccccc34)n2)c(OC)cc1N(C)CCN(C)C. The highest BCUT2D eigenvalue weighted by Gasteiger charge is 2.17. The zero-order chi connectivity index (χ0) is 27.9. The Hall–Kier alpha value is -4.63. The molecule has 0 spiro atoms. The molecule has 0 saturated carbocycles. The van der Waals surface area contributed by atoms with Crippen molar-refractivity contribution >= 4 is 39.8 Å². The summed E-state index contributed by atoms with van der Waals surface area (Å²) in [5, 5.41) is 7.39. The lowest BCUT2D eigenvalue weighted by atomic mass is 10.1. The lowest BCUT2D eigenvalue weighted by molar-refractivity contribution is -0.111. The quantitative estimate of drug-likeness (QED) is 0.209. The van der Waals surface area contributed by atoms with Crippen LogP contribution in [-0.2, 0) is 11.8 Å². The van der Waals surface area contributed by atoms with Gasteiger partial charge < -0.3 is 29.7 Å². The second-order valence-electron chi connectivity index (χ2n) is 9.44. The monoisotopic (exact) mass is 525 g/mol. The van der Waals surface area contributed by atoms with Crippen molar-refractivity contribution in [2.45, 2.75) is 0 Å². The number of hydrogen-bond donors (Lipinski definition) is 2. The molecule has 2 N–H and O–H groups in total. The zero-order valence-corrected chi connectivity index (χ0v) is 23.1. The van der Waals surface area contributed by atoms with Crippen molar-refractivity contribution in [2.24, 2.45) is 7.05 Å². The number of fused-ring (bicyclic) bond motifs is 1. The predicted molar refractivity (Wildman–Crippen MR) is 160 cm³/mol. The summed E-state index contributed by atoms with van der Waals surface area (Å²) in [7, 11) is 9.67. The number of amides is 1. The third-order valence-electron chi connectivity index (χ3n) is 6.33. The van der Waals surface area contributed by atoms with Gasteiger partial charge in [-0.1, -0.05) is 36.9 Å². The summed E-state index contributed by atoms with van der Waals surface area (Å²) in [5.41, 5.74) is 5.02. The van der Waals surface area contributed by atoms with Crippen LogP contribution in [0.3, 0.4) is 0 Å². The molecule has 0 unspecified atom stereocenters. The third kappa shape index (κ3) is 6.45. The van der Waals surface area contributed by atoms with Crippen LogP contribution in [0, 0.1) is 0 Å². The number of aromatic nitrogens is 3. The maximum Gasteiger partial charge on any atom is 0.248 e. The fraction of sp³-hybridized carbons (Fsp3) is 0.233. The van der Waals surface area contributed by atoms with E-state index >= 15 is 0 Å². The largest absolute Gasteiger partial charge is 0.494 e. The fourth-order valence-electron chi connectivity index (χ4n) is 4.29. The van der Waals surface area contributed by atoms with Gasteiger partial charge in [-0.25, -0.2) is 9.97 Å². The smallest absolute Gasteiger partial charge is 0.248 e. The van der Waals surface area contributed by atoms with Crippen LogP contribution in [0.1, 0.15) is 0 Å². The molecule has 0 saturated heterocycles. The van der Waals surface area contributed by atoms with E-state index in [-0.39, 0.29) is 5.91 Å². The Labute approximate surface area is 229 Å². The molecular weight excluding hydrogens is 490 g/mol. The number of allylic oxidation sites excluding steroid dienone is 2. The molecule has 2 heterocycles. The van der Waals surface area contributed by atoms with Crippen LogP contribution in [0.15, 0.2) is 79.7 Å². The Kier molecular flexibility index (Phi) is 8.63. The number of para-hydroxylation sites is 1. The second kappa shape index (κ2) is 12.3. The highest BCUT2D eigenvalue weighted by atomic mass is 16.5. The molecule has 0 bridgehead atoms. The lowest BCUT2D eigenvalue weighted by Crippen LogP contribution is -2.29. The van der Waals surface area contributed by atoms with Crippen molar-refractivity contribution < 1.29 is 9.53 Å². The fourth-order valence-corrected chi connectivity index (χ4v) is 4.29. The molecule has 2 aromatic carbocycles. The molecule has 0 aliphatic heterocycles. The molecular formula is C30H35N7O2. The normalized spacial score (nSPS) is 11.2. The van der Waals surface area contributed by atoms with E-state index in [1.807, 2.05) is 58.5 Å². The Morgan fingerprint density at radius 2 is 1.92 bits per heavy atom. The average molecular weight is 526 g/mol. The number of anilines is 4. The lowest BCUT2D eigenvalue weighted by Gasteiger charge is -2.26. The molecule has 9 heteroatoms. The van der Waals surface area contributed by atoms with Gasteiger partial charge in [0.05, 0.1) is 29.9 Å². The van der Waals surface area contributed by atoms with Gasteiger partial charge in [-0.15, -0.1) is 0 Å². The highest BCUT2D eigenvalue weighted by Crippen LogP contribution is 2.38. The number of hydrogen-bond acceptors (Lipinski definition) is 7. The molecule has 4 aromatic rings. The van der Waals surface area contributed by atoms with E-state index in [1.54, 1.807) is 25.5 Å². The number of rotatable bonds is 11. The van der Waals surface area contributed by atoms with Gasteiger partial charge in [-0.05, 0) is 32.3 Å². The first-order chi connectivity index (χ1) is 18.8. The number of likely N-dealkylation sites (N-methyl/N-ethyl adjacent to an activating group) is 2. The minimum Gasteiger partial charge on any atom is -0.494 e. The minimum absolute atomic E-state index is 0.262. The molecule has 0 fully saturated rings. The molecule has 1 amide bonds. The molecule has 39 heavy (non-hydrogen) atoms. The Bertz CT molecular complexity index is 1510. The summed E-state index contributed by atoms with van der Waals surface area (Å²) in [4.78, 5) is 26.0. The van der Waals surface area contributed by atoms with Crippen LogP contribution in [-0.4, -0.2) is 66.7 Å². The van der Waals surface area contributed by atoms with E-state index in [0.29, 0.717) is 23.1 Å². The topological polar surface area (TPSA) is 87.5 Å². The highest BCUT2D eigenvalue weighted by molar-refractivity contribution is 6.02. The first-order valence-corrected chi connectivity index (χ1v) is 12.6. The third-order valence-corrected chi connectivity index (χ3v) is 6.33. The Morgan fingerprint density at radius 3 is 2.67 bits per heavy atom. The first-order valence-electron chi connectivity index (χ1n) is 12.6. The van der Waals surface area contributed by atoms with Crippen LogP contribution in [0.25, 0.3) is 22.2 Å². The number of aryl methyl sites for hydroxylation is 1. The van der Waals surface area contributed by atoms with Gasteiger partial charge in [0.25, 0.3) is 0 Å². The Balaban J connectivity index is 1.71. The molecule has 0 aliphatic rings. The van der Waals surface area contributed by atoms with Gasteiger partial charge in [0.2, 0.25) is 11.9 Å². The van der Waals surface area contributed by atoms with Crippen LogP contribution in [0.2, 0.25) is 0 Å². The van der Waals surface area contributed by atoms with Gasteiger partial charge in [-0.2, -0.15) is 0 Å². The van der Waals surface area contributed by atoms with E-state index in [1.165, 1.54) is 6.08 Å². The number of nitrogens with one attached hydrogen (secondary N) is 2. The van der Waals surface area contributed by atoms with E-state index in [2.05, 4.69) is 54.9 Å². The minimum atomic E-state index is -0.262. The standard InChI is InChI=1S/C30H35N7O2/c1-7-8-13-29(38)32-24-18-25(28(39-6)19-27(24)36(4)17-16-35(2)3)34-30-31-15-14-23(33-30)22-20-37(5)26-12-10-9-11-21(22)26/h7-15,18-20H,1,16-17H2,2-6H3,(H,32,38)(H,31,33,34)/b13-8-. The summed E-state index contributed by atoms with van der Waals surface area (Å²) >= 11 is 0. The predicted octanol–water partition coefficient (Wildman–Crippen LogP) is 5.07. The summed E-state index contributed by atoms with van der Waals surface area (Å²) in [6.07, 6.45) is 8.39. The van der Waals surface area contributed by atoms with Crippen molar-refractivity contribution in [3.63, 3.8) is 0 Å². The number of nitrogens with zero attached hydrogens (tertiary/aromatic N) is 5. The molecule has 2 aromatic heterocycles. The van der Waals surface area contributed by atoms with Crippen molar-refractivity contribution in [1.29, 1.82) is 0 Å². The van der Waals surface area contributed by atoms with E-state index in [9.17, 15) is 4.79 Å². The summed E-state index contributed by atoms with van der Waals surface area (Å²) < 4.78 is 7.82. The van der Waals surface area contributed by atoms with E-state index in [4.69, 9.17) is 9.72 Å². The summed E-state index contributed by atoms with van der Waals surface area (Å²) in [6.45, 7) is 5.23. The van der Waals surface area contributed by atoms with Crippen molar-refractivity contribution in [2.75, 3.05) is 56.9 Å². The summed E-state index contributed by atoms with van der Waals surface area (Å²) in [5.74, 6) is 0.749. The van der Waals surface area contributed by atoms with Gasteiger partial charge in [-0.3, -0.25) is 4.79 Å². The van der Waals surface area contributed by atoms with E-state index < -0.39 is 0 Å². The van der Waals surface area contributed by atoms with Crippen LogP contribution in [0.5, 0.6) is 5.75 Å². The number of ether oxygens (including phenoxy) is 1. The number of methoxy groups -OCH3 is 1. The van der Waals surface area contributed by atoms with Gasteiger partial charge in [0.15, 0.2) is 0 Å². The molecule has 9 nitrogen and oxygen atoms in total. The van der Waals surface area contributed by atoms with Crippen molar-refractivity contribution in [3.8, 4) is 17.0 Å². The Morgan fingerprint density at radius 1 is 1.13 bits per heavy atom. The number of carbonyl (C=O) groups excluding carboxylic acids is 1. The van der Waals surface area contributed by atoms with Gasteiger partial charge >= 0.3 is 0 Å². The molecule has 0 aliphatic carbocycles. The average Bonchev–Trinajstić information content (AvgIpc) is 3.27. The molecule has 0 radical (unpaired) electrons. The van der Waals surface area contributed by atoms with Crippen LogP contribution < -0.4 is 20.3 Å². The maximum atomic E-state index is 12.6. The van der Waals surface area contributed by atoms with Crippen molar-refractivity contribution in [3.05, 3.63) is 79.7 Å².